The zero-order valence-electron chi connectivity index (χ0n) is 24.3. The average Bonchev–Trinajstić information content (AvgIpc) is 3.45. The lowest BCUT2D eigenvalue weighted by Crippen LogP contribution is -2.57. The van der Waals surface area contributed by atoms with Gasteiger partial charge >= 0.3 is 0 Å². The van der Waals surface area contributed by atoms with E-state index in [1.165, 1.54) is 11.0 Å². The molecule has 5 rings (SSSR count). The number of amides is 4. The van der Waals surface area contributed by atoms with E-state index in [1.54, 1.807) is 12.1 Å². The number of carbonyl (C=O) groups is 5. The Hall–Kier alpha value is -4.41. The van der Waals surface area contributed by atoms with Crippen LogP contribution in [0.25, 0.3) is 0 Å². The van der Waals surface area contributed by atoms with Gasteiger partial charge in [-0.2, -0.15) is 0 Å². The molecule has 1 fully saturated rings. The molecule has 4 amide bonds. The molecule has 0 aliphatic carbocycles. The lowest BCUT2D eigenvalue weighted by atomic mass is 9.92. The Labute approximate surface area is 270 Å². The van der Waals surface area contributed by atoms with E-state index in [0.29, 0.717) is 18.0 Å². The SMILES string of the molecule is O=C(NCc1ccccc1)C(=O)[C@H](C[C@@H]1CCNC1=O)NC(=O)[C@@H]1Cc2ccccc2CN1C(=O)COc1ccc(Cl)cc1Cl. The Morgan fingerprint density at radius 2 is 1.71 bits per heavy atom. The zero-order chi connectivity index (χ0) is 31.9. The Balaban J connectivity index is 1.33. The van der Waals surface area contributed by atoms with Crippen LogP contribution < -0.4 is 20.7 Å². The smallest absolute Gasteiger partial charge is 0.289 e. The van der Waals surface area contributed by atoms with E-state index in [1.807, 2.05) is 54.6 Å². The minimum absolute atomic E-state index is 0.0510. The quantitative estimate of drug-likeness (QED) is 0.273. The maximum atomic E-state index is 13.9. The van der Waals surface area contributed by atoms with Crippen molar-refractivity contribution in [3.05, 3.63) is 99.5 Å². The third-order valence-corrected chi connectivity index (χ3v) is 8.48. The lowest BCUT2D eigenvalue weighted by Gasteiger charge is -2.36. The van der Waals surface area contributed by atoms with Crippen molar-refractivity contribution in [2.45, 2.75) is 44.4 Å². The van der Waals surface area contributed by atoms with Crippen LogP contribution in [0.1, 0.15) is 29.5 Å². The standard InChI is InChI=1S/C33H32Cl2N4O6/c34-24-10-11-28(25(35)16-24)45-19-29(40)39-18-23-9-5-4-8-21(23)15-27(39)32(43)38-26(14-22-12-13-36-31(22)42)30(41)33(44)37-17-20-6-2-1-3-7-20/h1-11,16,22,26-27H,12-15,17-19H2,(H,36,42)(H,37,44)(H,38,43)/t22-,26-,27-/m0/s1. The van der Waals surface area contributed by atoms with Gasteiger partial charge in [0.15, 0.2) is 6.61 Å². The van der Waals surface area contributed by atoms with Crippen molar-refractivity contribution in [2.75, 3.05) is 13.2 Å². The Kier molecular flexibility index (Phi) is 10.4. The summed E-state index contributed by atoms with van der Waals surface area (Å²) in [5.41, 5.74) is 2.54. The largest absolute Gasteiger partial charge is 0.482 e. The van der Waals surface area contributed by atoms with E-state index in [0.717, 1.165) is 16.7 Å². The van der Waals surface area contributed by atoms with Crippen LogP contribution >= 0.6 is 23.2 Å². The van der Waals surface area contributed by atoms with Gasteiger partial charge in [0.1, 0.15) is 11.8 Å². The summed E-state index contributed by atoms with van der Waals surface area (Å²) in [5.74, 6) is -3.37. The second-order valence-corrected chi connectivity index (χ2v) is 11.8. The van der Waals surface area contributed by atoms with Crippen LogP contribution in [-0.4, -0.2) is 59.5 Å². The molecule has 3 N–H and O–H groups in total. The van der Waals surface area contributed by atoms with E-state index in [-0.39, 0.29) is 42.6 Å². The molecule has 3 aromatic carbocycles. The zero-order valence-corrected chi connectivity index (χ0v) is 25.8. The number of carbonyl (C=O) groups excluding carboxylic acids is 5. The van der Waals surface area contributed by atoms with Gasteiger partial charge < -0.3 is 25.6 Å². The van der Waals surface area contributed by atoms with Gasteiger partial charge in [0.25, 0.3) is 11.8 Å². The lowest BCUT2D eigenvalue weighted by molar-refractivity contribution is -0.145. The van der Waals surface area contributed by atoms with E-state index < -0.39 is 48.1 Å². The first kappa shape index (κ1) is 32.0. The second kappa shape index (κ2) is 14.6. The normalized spacial score (nSPS) is 17.9. The fourth-order valence-electron chi connectivity index (χ4n) is 5.51. The van der Waals surface area contributed by atoms with Crippen molar-refractivity contribution >= 4 is 52.6 Å². The molecular weight excluding hydrogens is 619 g/mol. The topological polar surface area (TPSA) is 134 Å². The molecule has 0 bridgehead atoms. The van der Waals surface area contributed by atoms with Crippen LogP contribution in [0, 0.1) is 5.92 Å². The van der Waals surface area contributed by atoms with E-state index >= 15 is 0 Å². The first-order valence-corrected chi connectivity index (χ1v) is 15.3. The Morgan fingerprint density at radius 1 is 0.978 bits per heavy atom. The van der Waals surface area contributed by atoms with Crippen molar-refractivity contribution in [1.82, 2.24) is 20.9 Å². The number of hydrogen-bond acceptors (Lipinski definition) is 6. The molecule has 45 heavy (non-hydrogen) atoms. The summed E-state index contributed by atoms with van der Waals surface area (Å²) in [6.07, 6.45) is 0.598. The van der Waals surface area contributed by atoms with Crippen molar-refractivity contribution < 1.29 is 28.7 Å². The number of fused-ring (bicyclic) bond motifs is 1. The highest BCUT2D eigenvalue weighted by Crippen LogP contribution is 2.29. The third-order valence-electron chi connectivity index (χ3n) is 7.95. The van der Waals surface area contributed by atoms with Gasteiger partial charge in [-0.05, 0) is 47.7 Å². The minimum Gasteiger partial charge on any atom is -0.482 e. The predicted octanol–water partition coefficient (Wildman–Crippen LogP) is 3.22. The number of halogens is 2. The number of ether oxygens (including phenoxy) is 1. The summed E-state index contributed by atoms with van der Waals surface area (Å²) < 4.78 is 5.67. The molecule has 234 valence electrons. The van der Waals surface area contributed by atoms with Gasteiger partial charge in [-0.1, -0.05) is 77.8 Å². The molecule has 3 aromatic rings. The number of benzene rings is 3. The molecule has 0 unspecified atom stereocenters. The molecule has 3 atom stereocenters. The summed E-state index contributed by atoms with van der Waals surface area (Å²) in [6, 6.07) is 18.9. The van der Waals surface area contributed by atoms with Crippen LogP contribution in [0.2, 0.25) is 10.0 Å². The molecule has 0 radical (unpaired) electrons. The molecule has 0 aromatic heterocycles. The first-order chi connectivity index (χ1) is 21.7. The molecule has 1 saturated heterocycles. The van der Waals surface area contributed by atoms with Gasteiger partial charge in [-0.15, -0.1) is 0 Å². The highest BCUT2D eigenvalue weighted by atomic mass is 35.5. The summed E-state index contributed by atoms with van der Waals surface area (Å²) in [4.78, 5) is 67.6. The Bertz CT molecular complexity index is 1600. The maximum Gasteiger partial charge on any atom is 0.289 e. The van der Waals surface area contributed by atoms with Crippen molar-refractivity contribution in [1.29, 1.82) is 0 Å². The number of hydrogen-bond donors (Lipinski definition) is 3. The molecule has 0 saturated carbocycles. The monoisotopic (exact) mass is 650 g/mol. The number of ketones is 1. The fraction of sp³-hybridized carbons (Fsp3) is 0.303. The van der Waals surface area contributed by atoms with Crippen molar-refractivity contribution in [3.63, 3.8) is 0 Å². The predicted molar refractivity (Wildman–Crippen MR) is 167 cm³/mol. The molecule has 2 heterocycles. The van der Waals surface area contributed by atoms with Crippen molar-refractivity contribution in [2.24, 2.45) is 5.92 Å². The number of nitrogens with one attached hydrogen (secondary N) is 3. The van der Waals surface area contributed by atoms with E-state index in [4.69, 9.17) is 27.9 Å². The van der Waals surface area contributed by atoms with Crippen LogP contribution in [0.3, 0.4) is 0 Å². The summed E-state index contributed by atoms with van der Waals surface area (Å²) in [5, 5.41) is 8.70. The highest BCUT2D eigenvalue weighted by Gasteiger charge is 2.39. The summed E-state index contributed by atoms with van der Waals surface area (Å²) in [7, 11) is 0. The third kappa shape index (κ3) is 8.01. The van der Waals surface area contributed by atoms with Gasteiger partial charge in [-0.25, -0.2) is 0 Å². The van der Waals surface area contributed by atoms with Crippen LogP contribution in [0.4, 0.5) is 0 Å². The second-order valence-electron chi connectivity index (χ2n) is 11.0. The molecule has 10 nitrogen and oxygen atoms in total. The molecule has 2 aliphatic rings. The Morgan fingerprint density at radius 3 is 2.42 bits per heavy atom. The fourth-order valence-corrected chi connectivity index (χ4v) is 5.97. The van der Waals surface area contributed by atoms with Gasteiger partial charge in [0, 0.05) is 37.0 Å². The van der Waals surface area contributed by atoms with Crippen LogP contribution in [-0.2, 0) is 43.5 Å². The maximum absolute atomic E-state index is 13.9. The van der Waals surface area contributed by atoms with Gasteiger partial charge in [-0.3, -0.25) is 24.0 Å². The molecule has 12 heteroatoms. The van der Waals surface area contributed by atoms with Crippen LogP contribution in [0.5, 0.6) is 5.75 Å². The molecule has 2 aliphatic heterocycles. The summed E-state index contributed by atoms with van der Waals surface area (Å²) >= 11 is 12.2. The van der Waals surface area contributed by atoms with E-state index in [2.05, 4.69) is 16.0 Å². The average molecular weight is 652 g/mol. The van der Waals surface area contributed by atoms with Gasteiger partial charge in [0.05, 0.1) is 11.1 Å². The number of Topliss-reactive ketones (excluding diaryl/α,β-unsaturated/α-hetero) is 1. The minimum atomic E-state index is -1.28. The first-order valence-electron chi connectivity index (χ1n) is 14.6. The van der Waals surface area contributed by atoms with Gasteiger partial charge in [0.2, 0.25) is 17.6 Å². The van der Waals surface area contributed by atoms with Crippen LogP contribution in [0.15, 0.2) is 72.8 Å². The highest BCUT2D eigenvalue weighted by molar-refractivity contribution is 6.38. The number of nitrogens with zero attached hydrogens (tertiary/aromatic N) is 1. The molecular formula is C33H32Cl2N4O6. The number of rotatable bonds is 11. The van der Waals surface area contributed by atoms with E-state index in [9.17, 15) is 24.0 Å². The molecule has 0 spiro atoms. The summed E-state index contributed by atoms with van der Waals surface area (Å²) in [6.45, 7) is 0.291. The van der Waals surface area contributed by atoms with Crippen molar-refractivity contribution in [3.8, 4) is 5.75 Å².